The first kappa shape index (κ1) is 26.3. The molecule has 7 rings (SSSR count). The molecule has 2 fully saturated rings. The average molecular weight is 559 g/mol. The lowest BCUT2D eigenvalue weighted by Gasteiger charge is -2.37. The molecule has 8 heteroatoms. The van der Waals surface area contributed by atoms with Crippen molar-refractivity contribution in [2.24, 2.45) is 0 Å². The van der Waals surface area contributed by atoms with Gasteiger partial charge in [0, 0.05) is 45.3 Å². The summed E-state index contributed by atoms with van der Waals surface area (Å²) in [6.45, 7) is 4.09. The van der Waals surface area contributed by atoms with Gasteiger partial charge in [-0.1, -0.05) is 78.9 Å². The maximum Gasteiger partial charge on any atom is 0.234 e. The third kappa shape index (κ3) is 5.14. The highest BCUT2D eigenvalue weighted by Crippen LogP contribution is 2.33. The normalized spacial score (nSPS) is 16.3. The number of carbonyl (C=O) groups excluding carboxylic acids is 1. The maximum absolute atomic E-state index is 14.0. The van der Waals surface area contributed by atoms with Gasteiger partial charge in [0.25, 0.3) is 0 Å². The highest BCUT2D eigenvalue weighted by molar-refractivity contribution is 5.89. The van der Waals surface area contributed by atoms with E-state index in [2.05, 4.69) is 4.90 Å². The second kappa shape index (κ2) is 11.7. The molecule has 0 saturated carbocycles. The zero-order valence-corrected chi connectivity index (χ0v) is 23.5. The summed E-state index contributed by atoms with van der Waals surface area (Å²) in [6.07, 6.45) is 3.70. The lowest BCUT2D eigenvalue weighted by Crippen LogP contribution is -2.50. The lowest BCUT2D eigenvalue weighted by atomic mass is 9.90. The van der Waals surface area contributed by atoms with Gasteiger partial charge >= 0.3 is 0 Å². The van der Waals surface area contributed by atoms with Crippen molar-refractivity contribution >= 4 is 22.8 Å². The molecule has 8 nitrogen and oxygen atoms in total. The minimum Gasteiger partial charge on any atom is -0.381 e. The van der Waals surface area contributed by atoms with Crippen molar-refractivity contribution < 1.29 is 9.53 Å². The molecule has 0 bridgehead atoms. The Morgan fingerprint density at radius 1 is 0.762 bits per heavy atom. The number of carbonyl (C=O) groups is 1. The maximum atomic E-state index is 14.0. The van der Waals surface area contributed by atoms with Gasteiger partial charge in [0.15, 0.2) is 5.65 Å². The summed E-state index contributed by atoms with van der Waals surface area (Å²) in [7, 11) is 0. The standard InChI is InChI=1S/C34H34N6O2/c41-34(30(25-10-4-1-5-11-25)26-12-6-2-7-13-26)39-20-18-38(19-21-39)32-29-24-35-40(28-14-8-3-9-15-28)33(29)37-31(36-32)27-16-22-42-23-17-27/h1-15,24,27,30H,16-23H2. The fourth-order valence-electron chi connectivity index (χ4n) is 6.14. The predicted octanol–water partition coefficient (Wildman–Crippen LogP) is 5.19. The largest absolute Gasteiger partial charge is 0.381 e. The fraction of sp³-hybridized carbons (Fsp3) is 0.294. The Morgan fingerprint density at radius 3 is 1.98 bits per heavy atom. The Balaban J connectivity index is 1.18. The monoisotopic (exact) mass is 558 g/mol. The number of piperazine rings is 1. The quantitative estimate of drug-likeness (QED) is 0.286. The summed E-state index contributed by atoms with van der Waals surface area (Å²) >= 11 is 0. The molecule has 0 aliphatic carbocycles. The predicted molar refractivity (Wildman–Crippen MR) is 163 cm³/mol. The van der Waals surface area contributed by atoms with Gasteiger partial charge in [-0.15, -0.1) is 0 Å². The smallest absolute Gasteiger partial charge is 0.234 e. The van der Waals surface area contributed by atoms with Crippen LogP contribution in [0.3, 0.4) is 0 Å². The Labute approximate surface area is 245 Å². The number of hydrogen-bond donors (Lipinski definition) is 0. The van der Waals surface area contributed by atoms with Crippen molar-refractivity contribution in [1.82, 2.24) is 24.6 Å². The van der Waals surface area contributed by atoms with Crippen LogP contribution < -0.4 is 4.90 Å². The molecule has 0 spiro atoms. The topological polar surface area (TPSA) is 76.4 Å². The minimum atomic E-state index is -0.325. The van der Waals surface area contributed by atoms with E-state index in [1.165, 1.54) is 0 Å². The Hall–Kier alpha value is -4.56. The molecule has 2 saturated heterocycles. The van der Waals surface area contributed by atoms with Crippen molar-refractivity contribution in [2.45, 2.75) is 24.7 Å². The lowest BCUT2D eigenvalue weighted by molar-refractivity contribution is -0.132. The second-order valence-electron chi connectivity index (χ2n) is 11.0. The number of fused-ring (bicyclic) bond motifs is 1. The number of ether oxygens (including phenoxy) is 1. The molecule has 0 N–H and O–H groups in total. The second-order valence-corrected chi connectivity index (χ2v) is 11.0. The molecule has 0 unspecified atom stereocenters. The molecular weight excluding hydrogens is 524 g/mol. The van der Waals surface area contributed by atoms with Crippen LogP contribution in [-0.2, 0) is 9.53 Å². The van der Waals surface area contributed by atoms with Gasteiger partial charge in [-0.25, -0.2) is 14.6 Å². The van der Waals surface area contributed by atoms with E-state index in [1.54, 1.807) is 0 Å². The highest BCUT2D eigenvalue weighted by atomic mass is 16.5. The third-order valence-electron chi connectivity index (χ3n) is 8.42. The Bertz CT molecular complexity index is 1600. The Morgan fingerprint density at radius 2 is 1.36 bits per heavy atom. The molecule has 5 aromatic rings. The molecule has 0 radical (unpaired) electrons. The van der Waals surface area contributed by atoms with Crippen LogP contribution in [0.25, 0.3) is 16.7 Å². The summed E-state index contributed by atoms with van der Waals surface area (Å²) in [5.41, 5.74) is 3.82. The van der Waals surface area contributed by atoms with Crippen molar-refractivity contribution in [3.05, 3.63) is 114 Å². The van der Waals surface area contributed by atoms with Crippen molar-refractivity contribution in [3.8, 4) is 5.69 Å². The van der Waals surface area contributed by atoms with E-state index in [1.807, 2.05) is 107 Å². The fourth-order valence-corrected chi connectivity index (χ4v) is 6.14. The van der Waals surface area contributed by atoms with Crippen molar-refractivity contribution in [3.63, 3.8) is 0 Å². The number of nitrogens with zero attached hydrogens (tertiary/aromatic N) is 6. The van der Waals surface area contributed by atoms with Gasteiger partial charge in [0.05, 0.1) is 23.2 Å². The highest BCUT2D eigenvalue weighted by Gasteiger charge is 2.31. The van der Waals surface area contributed by atoms with Crippen LogP contribution in [0.2, 0.25) is 0 Å². The molecule has 0 atom stereocenters. The van der Waals surface area contributed by atoms with Gasteiger partial charge in [-0.3, -0.25) is 4.79 Å². The summed E-state index contributed by atoms with van der Waals surface area (Å²) in [5.74, 6) is 1.82. The van der Waals surface area contributed by atoms with Crippen LogP contribution in [0.15, 0.2) is 97.2 Å². The number of benzene rings is 3. The van der Waals surface area contributed by atoms with Crippen LogP contribution in [0.4, 0.5) is 5.82 Å². The van der Waals surface area contributed by atoms with Gasteiger partial charge in [0.1, 0.15) is 11.6 Å². The van der Waals surface area contributed by atoms with Gasteiger partial charge in [-0.05, 0) is 36.1 Å². The van der Waals surface area contributed by atoms with Crippen LogP contribution in [-0.4, -0.2) is 69.9 Å². The molecule has 3 aromatic carbocycles. The van der Waals surface area contributed by atoms with Crippen LogP contribution in [0.5, 0.6) is 0 Å². The number of para-hydroxylation sites is 1. The summed E-state index contributed by atoms with van der Waals surface area (Å²) in [6, 6.07) is 30.3. The van der Waals surface area contributed by atoms with E-state index >= 15 is 0 Å². The molecule has 212 valence electrons. The van der Waals surface area contributed by atoms with E-state index < -0.39 is 0 Å². The number of amides is 1. The summed E-state index contributed by atoms with van der Waals surface area (Å²) < 4.78 is 7.54. The number of aromatic nitrogens is 4. The summed E-state index contributed by atoms with van der Waals surface area (Å²) in [5, 5.41) is 5.67. The average Bonchev–Trinajstić information content (AvgIpc) is 3.50. The number of anilines is 1. The van der Waals surface area contributed by atoms with E-state index in [0.717, 1.165) is 65.5 Å². The van der Waals surface area contributed by atoms with Crippen LogP contribution >= 0.6 is 0 Å². The molecular formula is C34H34N6O2. The van der Waals surface area contributed by atoms with E-state index in [9.17, 15) is 4.79 Å². The molecule has 2 aliphatic rings. The van der Waals surface area contributed by atoms with E-state index in [-0.39, 0.29) is 17.7 Å². The molecule has 2 aliphatic heterocycles. The molecule has 4 heterocycles. The van der Waals surface area contributed by atoms with Crippen molar-refractivity contribution in [2.75, 3.05) is 44.3 Å². The van der Waals surface area contributed by atoms with Crippen LogP contribution in [0.1, 0.15) is 41.6 Å². The first-order chi connectivity index (χ1) is 20.8. The first-order valence-corrected chi connectivity index (χ1v) is 14.8. The zero-order valence-electron chi connectivity index (χ0n) is 23.5. The third-order valence-corrected chi connectivity index (χ3v) is 8.42. The number of rotatable bonds is 6. The van der Waals surface area contributed by atoms with Gasteiger partial charge in [-0.2, -0.15) is 5.10 Å². The van der Waals surface area contributed by atoms with Gasteiger partial charge < -0.3 is 14.5 Å². The SMILES string of the molecule is O=C(C(c1ccccc1)c1ccccc1)N1CCN(c2nc(C3CCOCC3)nc3c2cnn3-c2ccccc2)CC1. The van der Waals surface area contributed by atoms with Crippen LogP contribution in [0, 0.1) is 0 Å². The van der Waals surface area contributed by atoms with Gasteiger partial charge in [0.2, 0.25) is 5.91 Å². The van der Waals surface area contributed by atoms with E-state index in [0.29, 0.717) is 26.2 Å². The molecule has 2 aromatic heterocycles. The van der Waals surface area contributed by atoms with E-state index in [4.69, 9.17) is 19.8 Å². The zero-order chi connectivity index (χ0) is 28.3. The summed E-state index contributed by atoms with van der Waals surface area (Å²) in [4.78, 5) is 28.6. The van der Waals surface area contributed by atoms with Crippen molar-refractivity contribution in [1.29, 1.82) is 0 Å². The number of hydrogen-bond acceptors (Lipinski definition) is 6. The molecule has 1 amide bonds. The minimum absolute atomic E-state index is 0.139. The Kier molecular flexibility index (Phi) is 7.36. The molecule has 42 heavy (non-hydrogen) atoms. The first-order valence-electron chi connectivity index (χ1n) is 14.8.